The Morgan fingerprint density at radius 2 is 2.00 bits per heavy atom. The monoisotopic (exact) mass is 277 g/mol. The molecule has 100 valence electrons. The third-order valence-corrected chi connectivity index (χ3v) is 3.51. The van der Waals surface area contributed by atoms with Crippen LogP contribution in [0.2, 0.25) is 5.02 Å². The minimum Gasteiger partial charge on any atom is -0.323 e. The third-order valence-electron chi connectivity index (χ3n) is 3.26. The number of carbonyl (C=O) groups is 1. The number of benzene rings is 1. The average Bonchev–Trinajstić information content (AvgIpc) is 2.71. The molecule has 0 aliphatic heterocycles. The lowest BCUT2D eigenvalue weighted by Gasteiger charge is -2.12. The van der Waals surface area contributed by atoms with Crippen LogP contribution in [0.15, 0.2) is 30.5 Å². The molecule has 0 bridgehead atoms. The van der Waals surface area contributed by atoms with Gasteiger partial charge in [0.15, 0.2) is 0 Å². The molecule has 2 rings (SSSR count). The van der Waals surface area contributed by atoms with Gasteiger partial charge in [-0.1, -0.05) is 23.7 Å². The Morgan fingerprint density at radius 1 is 1.37 bits per heavy atom. The van der Waals surface area contributed by atoms with Crippen molar-refractivity contribution in [3.8, 4) is 0 Å². The van der Waals surface area contributed by atoms with Gasteiger partial charge in [-0.3, -0.25) is 9.48 Å². The zero-order chi connectivity index (χ0) is 14.0. The summed E-state index contributed by atoms with van der Waals surface area (Å²) >= 11 is 5.84. The van der Waals surface area contributed by atoms with Crippen LogP contribution in [0.1, 0.15) is 24.1 Å². The summed E-state index contributed by atoms with van der Waals surface area (Å²) in [6.45, 7) is 3.78. The smallest absolute Gasteiger partial charge is 0.231 e. The van der Waals surface area contributed by atoms with Crippen LogP contribution in [0.3, 0.4) is 0 Å². The maximum absolute atomic E-state index is 12.2. The molecule has 1 aromatic carbocycles. The SMILES string of the molecule is Cc1c(NC(=O)C(C)c2ccc(Cl)cc2)cnn1C. The number of aromatic nitrogens is 2. The molecule has 1 atom stereocenters. The highest BCUT2D eigenvalue weighted by Crippen LogP contribution is 2.21. The average molecular weight is 278 g/mol. The molecule has 0 fully saturated rings. The van der Waals surface area contributed by atoms with Gasteiger partial charge in [-0.2, -0.15) is 5.10 Å². The van der Waals surface area contributed by atoms with E-state index in [9.17, 15) is 4.79 Å². The minimum absolute atomic E-state index is 0.0570. The molecule has 1 unspecified atom stereocenters. The molecule has 1 aromatic heterocycles. The Labute approximate surface area is 117 Å². The Hall–Kier alpha value is -1.81. The Kier molecular flexibility index (Phi) is 3.90. The quantitative estimate of drug-likeness (QED) is 0.937. The topological polar surface area (TPSA) is 46.9 Å². The summed E-state index contributed by atoms with van der Waals surface area (Å²) < 4.78 is 1.72. The van der Waals surface area contributed by atoms with Gasteiger partial charge in [0, 0.05) is 12.1 Å². The maximum Gasteiger partial charge on any atom is 0.231 e. The van der Waals surface area contributed by atoms with Crippen molar-refractivity contribution in [2.75, 3.05) is 5.32 Å². The summed E-state index contributed by atoms with van der Waals surface area (Å²) in [7, 11) is 1.84. The zero-order valence-corrected chi connectivity index (χ0v) is 11.9. The van der Waals surface area contributed by atoms with Gasteiger partial charge in [0.2, 0.25) is 5.91 Å². The van der Waals surface area contributed by atoms with E-state index < -0.39 is 0 Å². The zero-order valence-electron chi connectivity index (χ0n) is 11.1. The van der Waals surface area contributed by atoms with Crippen molar-refractivity contribution in [3.05, 3.63) is 46.7 Å². The molecule has 1 N–H and O–H groups in total. The number of nitrogens with one attached hydrogen (secondary N) is 1. The van der Waals surface area contributed by atoms with Crippen molar-refractivity contribution in [2.24, 2.45) is 7.05 Å². The van der Waals surface area contributed by atoms with Gasteiger partial charge in [-0.05, 0) is 31.5 Å². The molecule has 0 spiro atoms. The normalized spacial score (nSPS) is 12.2. The standard InChI is InChI=1S/C14H16ClN3O/c1-9(11-4-6-12(15)7-5-11)14(19)17-13-8-16-18(3)10(13)2/h4-9H,1-3H3,(H,17,19). The van der Waals surface area contributed by atoms with Gasteiger partial charge in [-0.15, -0.1) is 0 Å². The Morgan fingerprint density at radius 3 is 2.53 bits per heavy atom. The number of hydrogen-bond acceptors (Lipinski definition) is 2. The highest BCUT2D eigenvalue weighted by molar-refractivity contribution is 6.30. The molecule has 1 heterocycles. The first-order valence-electron chi connectivity index (χ1n) is 6.04. The highest BCUT2D eigenvalue weighted by atomic mass is 35.5. The van der Waals surface area contributed by atoms with E-state index in [1.165, 1.54) is 0 Å². The molecule has 0 aliphatic rings. The van der Waals surface area contributed by atoms with E-state index in [4.69, 9.17) is 11.6 Å². The molecule has 0 saturated carbocycles. The first-order valence-corrected chi connectivity index (χ1v) is 6.41. The van der Waals surface area contributed by atoms with Crippen LogP contribution < -0.4 is 5.32 Å². The summed E-state index contributed by atoms with van der Waals surface area (Å²) in [5, 5.41) is 7.65. The molecule has 0 aliphatic carbocycles. The van der Waals surface area contributed by atoms with Gasteiger partial charge in [0.05, 0.1) is 23.5 Å². The van der Waals surface area contributed by atoms with Crippen molar-refractivity contribution in [1.82, 2.24) is 9.78 Å². The van der Waals surface area contributed by atoms with E-state index in [1.807, 2.05) is 33.0 Å². The highest BCUT2D eigenvalue weighted by Gasteiger charge is 2.17. The molecule has 1 amide bonds. The second-order valence-corrected chi connectivity index (χ2v) is 4.97. The van der Waals surface area contributed by atoms with E-state index in [0.29, 0.717) is 5.02 Å². The summed E-state index contributed by atoms with van der Waals surface area (Å²) in [6, 6.07) is 7.30. The predicted molar refractivity (Wildman–Crippen MR) is 76.4 cm³/mol. The van der Waals surface area contributed by atoms with Gasteiger partial charge < -0.3 is 5.32 Å². The lowest BCUT2D eigenvalue weighted by molar-refractivity contribution is -0.117. The first-order chi connectivity index (χ1) is 8.99. The molecular weight excluding hydrogens is 262 g/mol. The van der Waals surface area contributed by atoms with Crippen molar-refractivity contribution < 1.29 is 4.79 Å². The summed E-state index contributed by atoms with van der Waals surface area (Å²) in [6.07, 6.45) is 1.65. The predicted octanol–water partition coefficient (Wildman–Crippen LogP) is 3.12. The van der Waals surface area contributed by atoms with Crippen LogP contribution >= 0.6 is 11.6 Å². The van der Waals surface area contributed by atoms with Crippen LogP contribution in [0.4, 0.5) is 5.69 Å². The summed E-state index contributed by atoms with van der Waals surface area (Å²) in [4.78, 5) is 12.2. The van der Waals surface area contributed by atoms with Crippen molar-refractivity contribution in [1.29, 1.82) is 0 Å². The van der Waals surface area contributed by atoms with Gasteiger partial charge in [0.1, 0.15) is 0 Å². The fraction of sp³-hybridized carbons (Fsp3) is 0.286. The first kappa shape index (κ1) is 13.6. The van der Waals surface area contributed by atoms with Gasteiger partial charge >= 0.3 is 0 Å². The maximum atomic E-state index is 12.2. The summed E-state index contributed by atoms with van der Waals surface area (Å²) in [5.74, 6) is -0.296. The number of carbonyl (C=O) groups excluding carboxylic acids is 1. The van der Waals surface area contributed by atoms with E-state index in [-0.39, 0.29) is 11.8 Å². The second-order valence-electron chi connectivity index (χ2n) is 4.53. The molecule has 5 heteroatoms. The molecule has 0 saturated heterocycles. The Balaban J connectivity index is 2.11. The number of anilines is 1. The number of hydrogen-bond donors (Lipinski definition) is 1. The lowest BCUT2D eigenvalue weighted by atomic mass is 10.0. The number of halogens is 1. The Bertz CT molecular complexity index is 589. The van der Waals surface area contributed by atoms with Crippen LogP contribution in [-0.4, -0.2) is 15.7 Å². The molecular formula is C14H16ClN3O. The van der Waals surface area contributed by atoms with Crippen LogP contribution in [0, 0.1) is 6.92 Å². The third kappa shape index (κ3) is 2.96. The number of rotatable bonds is 3. The number of amides is 1. The van der Waals surface area contributed by atoms with Crippen molar-refractivity contribution in [3.63, 3.8) is 0 Å². The van der Waals surface area contributed by atoms with Gasteiger partial charge in [-0.25, -0.2) is 0 Å². The van der Waals surface area contributed by atoms with Crippen LogP contribution in [0.5, 0.6) is 0 Å². The number of nitrogens with zero attached hydrogens (tertiary/aromatic N) is 2. The van der Waals surface area contributed by atoms with E-state index in [1.54, 1.807) is 23.0 Å². The molecule has 0 radical (unpaired) electrons. The second kappa shape index (κ2) is 5.45. The molecule has 19 heavy (non-hydrogen) atoms. The van der Waals surface area contributed by atoms with Crippen LogP contribution in [-0.2, 0) is 11.8 Å². The lowest BCUT2D eigenvalue weighted by Crippen LogP contribution is -2.19. The molecule has 4 nitrogen and oxygen atoms in total. The summed E-state index contributed by atoms with van der Waals surface area (Å²) in [5.41, 5.74) is 2.61. The van der Waals surface area contributed by atoms with Gasteiger partial charge in [0.25, 0.3) is 0 Å². The van der Waals surface area contributed by atoms with Crippen LogP contribution in [0.25, 0.3) is 0 Å². The number of aryl methyl sites for hydroxylation is 1. The largest absolute Gasteiger partial charge is 0.323 e. The fourth-order valence-corrected chi connectivity index (χ4v) is 1.89. The fourth-order valence-electron chi connectivity index (χ4n) is 1.77. The van der Waals surface area contributed by atoms with Crippen molar-refractivity contribution >= 4 is 23.2 Å². The molecule has 2 aromatic rings. The van der Waals surface area contributed by atoms with E-state index in [0.717, 1.165) is 16.9 Å². The minimum atomic E-state index is -0.239. The van der Waals surface area contributed by atoms with E-state index >= 15 is 0 Å². The van der Waals surface area contributed by atoms with Crippen molar-refractivity contribution in [2.45, 2.75) is 19.8 Å². The van der Waals surface area contributed by atoms with E-state index in [2.05, 4.69) is 10.4 Å².